The molecule has 204 valence electrons. The molecule has 0 bridgehead atoms. The smallest absolute Gasteiger partial charge is 0.118 e. The van der Waals surface area contributed by atoms with E-state index in [-0.39, 0.29) is 10.8 Å². The van der Waals surface area contributed by atoms with Crippen molar-refractivity contribution in [1.29, 1.82) is 0 Å². The van der Waals surface area contributed by atoms with Gasteiger partial charge in [0.15, 0.2) is 0 Å². The van der Waals surface area contributed by atoms with E-state index in [9.17, 15) is 0 Å². The zero-order valence-corrected chi connectivity index (χ0v) is 24.8. The van der Waals surface area contributed by atoms with Gasteiger partial charge in [-0.1, -0.05) is 92.2 Å². The van der Waals surface area contributed by atoms with Crippen LogP contribution in [0.15, 0.2) is 91.0 Å². The third kappa shape index (κ3) is 3.70. The molecule has 0 radical (unpaired) electrons. The lowest BCUT2D eigenvalue weighted by atomic mass is 9.66. The topological polar surface area (TPSA) is 18.5 Å². The fourth-order valence-electron chi connectivity index (χ4n) is 7.47. The van der Waals surface area contributed by atoms with E-state index in [1.54, 1.807) is 14.2 Å². The minimum Gasteiger partial charge on any atom is -0.497 e. The normalized spacial score (nSPS) is 15.8. The Labute approximate surface area is 243 Å². The van der Waals surface area contributed by atoms with Crippen molar-refractivity contribution in [2.75, 3.05) is 14.2 Å². The fraction of sp³-hybridized carbons (Fsp3) is 0.231. The number of benzene rings is 5. The highest BCUT2D eigenvalue weighted by atomic mass is 16.5. The molecule has 0 fully saturated rings. The Morgan fingerprint density at radius 3 is 1.90 bits per heavy atom. The van der Waals surface area contributed by atoms with Crippen LogP contribution in [0.3, 0.4) is 0 Å². The van der Waals surface area contributed by atoms with Crippen molar-refractivity contribution in [3.8, 4) is 22.6 Å². The van der Waals surface area contributed by atoms with Gasteiger partial charge in [0.2, 0.25) is 0 Å². The lowest BCUT2D eigenvalue weighted by molar-refractivity contribution is 0.414. The van der Waals surface area contributed by atoms with Gasteiger partial charge in [-0.25, -0.2) is 0 Å². The van der Waals surface area contributed by atoms with Crippen LogP contribution in [0, 0.1) is 13.8 Å². The number of aryl methyl sites for hydroxylation is 2. The Morgan fingerprint density at radius 1 is 0.683 bits per heavy atom. The van der Waals surface area contributed by atoms with Crippen LogP contribution in [0.2, 0.25) is 0 Å². The van der Waals surface area contributed by atoms with Gasteiger partial charge in [0.1, 0.15) is 11.5 Å². The minimum atomic E-state index is -0.306. The lowest BCUT2D eigenvalue weighted by Crippen LogP contribution is -2.30. The van der Waals surface area contributed by atoms with E-state index in [2.05, 4.69) is 125 Å². The minimum absolute atomic E-state index is 0.0773. The van der Waals surface area contributed by atoms with Crippen LogP contribution in [-0.4, -0.2) is 14.2 Å². The van der Waals surface area contributed by atoms with Gasteiger partial charge in [-0.05, 0) is 105 Å². The summed E-state index contributed by atoms with van der Waals surface area (Å²) in [6.07, 6.45) is 5.72. The highest BCUT2D eigenvalue weighted by Crippen LogP contribution is 2.54. The first-order valence-corrected chi connectivity index (χ1v) is 14.5. The molecule has 0 saturated heterocycles. The molecule has 5 aromatic rings. The molecule has 41 heavy (non-hydrogen) atoms. The van der Waals surface area contributed by atoms with Gasteiger partial charge in [0.05, 0.1) is 14.2 Å². The zero-order chi connectivity index (χ0) is 28.5. The molecule has 2 heteroatoms. The van der Waals surface area contributed by atoms with E-state index < -0.39 is 0 Å². The van der Waals surface area contributed by atoms with E-state index >= 15 is 0 Å². The fourth-order valence-corrected chi connectivity index (χ4v) is 7.47. The molecule has 0 saturated carbocycles. The summed E-state index contributed by atoms with van der Waals surface area (Å²) in [6.45, 7) is 9.27. The van der Waals surface area contributed by atoms with Gasteiger partial charge >= 0.3 is 0 Å². The van der Waals surface area contributed by atoms with Gasteiger partial charge in [0.25, 0.3) is 0 Å². The monoisotopic (exact) mass is 536 g/mol. The molecule has 5 aromatic carbocycles. The Kier molecular flexibility index (Phi) is 5.70. The van der Waals surface area contributed by atoms with Crippen LogP contribution < -0.4 is 9.47 Å². The van der Waals surface area contributed by atoms with E-state index in [0.29, 0.717) is 0 Å². The van der Waals surface area contributed by atoms with Gasteiger partial charge < -0.3 is 9.47 Å². The van der Waals surface area contributed by atoms with Crippen molar-refractivity contribution in [3.05, 3.63) is 136 Å². The first-order valence-electron chi connectivity index (χ1n) is 14.5. The second kappa shape index (κ2) is 9.11. The summed E-state index contributed by atoms with van der Waals surface area (Å²) in [6, 6.07) is 31.2. The molecule has 0 spiro atoms. The average molecular weight is 537 g/mol. The standard InChI is InChI=1S/C39H36O2/c1-24-7-16-33-34-18-17-31-25(2)22-26-23-39(27-8-12-29(40-5)13-9-27,28-10-14-30(41-6)15-11-28)20-19-32(26)36(31)37(34)38(3,4)35(33)21-24/h7-22H,23H2,1-6H3. The summed E-state index contributed by atoms with van der Waals surface area (Å²) in [5.41, 5.74) is 13.2. The van der Waals surface area contributed by atoms with E-state index in [0.717, 1.165) is 17.9 Å². The van der Waals surface area contributed by atoms with Crippen LogP contribution >= 0.6 is 0 Å². The predicted molar refractivity (Wildman–Crippen MR) is 170 cm³/mol. The number of allylic oxidation sites excluding steroid dienone is 1. The molecule has 2 aliphatic carbocycles. The molecule has 0 unspecified atom stereocenters. The van der Waals surface area contributed by atoms with Crippen molar-refractivity contribution in [1.82, 2.24) is 0 Å². The molecule has 2 aliphatic rings. The van der Waals surface area contributed by atoms with Crippen LogP contribution in [0.5, 0.6) is 11.5 Å². The van der Waals surface area contributed by atoms with Gasteiger partial charge in [0, 0.05) is 10.8 Å². The van der Waals surface area contributed by atoms with Crippen molar-refractivity contribution in [3.63, 3.8) is 0 Å². The summed E-state index contributed by atoms with van der Waals surface area (Å²) < 4.78 is 11.0. The molecule has 0 atom stereocenters. The van der Waals surface area contributed by atoms with Gasteiger partial charge in [-0.2, -0.15) is 0 Å². The maximum atomic E-state index is 5.51. The second-order valence-corrected chi connectivity index (χ2v) is 12.3. The molecular formula is C39H36O2. The number of methoxy groups -OCH3 is 2. The number of ether oxygens (including phenoxy) is 2. The van der Waals surface area contributed by atoms with Crippen LogP contribution in [-0.2, 0) is 17.3 Å². The summed E-state index contributed by atoms with van der Waals surface area (Å²) in [7, 11) is 3.44. The summed E-state index contributed by atoms with van der Waals surface area (Å²) in [5.74, 6) is 1.74. The zero-order valence-electron chi connectivity index (χ0n) is 24.8. The number of rotatable bonds is 4. The predicted octanol–water partition coefficient (Wildman–Crippen LogP) is 9.34. The van der Waals surface area contributed by atoms with Crippen molar-refractivity contribution >= 4 is 16.8 Å². The highest BCUT2D eigenvalue weighted by Gasteiger charge is 2.40. The lowest BCUT2D eigenvalue weighted by Gasteiger charge is -2.37. The largest absolute Gasteiger partial charge is 0.497 e. The average Bonchev–Trinajstić information content (AvgIpc) is 3.22. The number of fused-ring (bicyclic) bond motifs is 7. The van der Waals surface area contributed by atoms with E-state index in [1.165, 1.54) is 66.4 Å². The van der Waals surface area contributed by atoms with Gasteiger partial charge in [-0.3, -0.25) is 0 Å². The summed E-state index contributed by atoms with van der Waals surface area (Å²) >= 11 is 0. The Hall–Kier alpha value is -4.30. The molecular weight excluding hydrogens is 500 g/mol. The molecule has 2 nitrogen and oxygen atoms in total. The Balaban J connectivity index is 1.48. The first-order chi connectivity index (χ1) is 19.8. The quantitative estimate of drug-likeness (QED) is 0.228. The van der Waals surface area contributed by atoms with E-state index in [4.69, 9.17) is 9.47 Å². The van der Waals surface area contributed by atoms with E-state index in [1.807, 2.05) is 0 Å². The molecule has 0 aliphatic heterocycles. The summed E-state index contributed by atoms with van der Waals surface area (Å²) in [5, 5.41) is 2.76. The number of hydrogen-bond donors (Lipinski definition) is 0. The van der Waals surface area contributed by atoms with Crippen LogP contribution in [0.1, 0.15) is 58.4 Å². The third-order valence-corrected chi connectivity index (χ3v) is 9.61. The molecule has 0 aromatic heterocycles. The SMILES string of the molecule is COc1ccc(C2(c3ccc(OC)cc3)C=Cc3c(cc(C)c4ccc5c(c34)C(C)(C)c3cc(C)ccc3-5)C2)cc1. The number of hydrogen-bond acceptors (Lipinski definition) is 2. The molecule has 0 N–H and O–H groups in total. The van der Waals surface area contributed by atoms with Crippen molar-refractivity contribution in [2.24, 2.45) is 0 Å². The van der Waals surface area contributed by atoms with Crippen molar-refractivity contribution < 1.29 is 9.47 Å². The second-order valence-electron chi connectivity index (χ2n) is 12.3. The Morgan fingerprint density at radius 2 is 1.29 bits per heavy atom. The maximum absolute atomic E-state index is 5.51. The molecule has 0 amide bonds. The van der Waals surface area contributed by atoms with Crippen LogP contribution in [0.25, 0.3) is 28.0 Å². The Bertz CT molecular complexity index is 1810. The van der Waals surface area contributed by atoms with Crippen molar-refractivity contribution in [2.45, 2.75) is 44.9 Å². The first kappa shape index (κ1) is 25.7. The molecule has 0 heterocycles. The summed E-state index contributed by atoms with van der Waals surface area (Å²) in [4.78, 5) is 0. The molecule has 7 rings (SSSR count). The maximum Gasteiger partial charge on any atom is 0.118 e. The highest BCUT2D eigenvalue weighted by molar-refractivity contribution is 6.04. The van der Waals surface area contributed by atoms with Crippen LogP contribution in [0.4, 0.5) is 0 Å². The van der Waals surface area contributed by atoms with Gasteiger partial charge in [-0.15, -0.1) is 0 Å². The third-order valence-electron chi connectivity index (χ3n) is 9.61.